The average molecular weight is 419 g/mol. The highest BCUT2D eigenvalue weighted by atomic mass is 19.1. The molecular formula is C23H18FN3O4. The molecule has 4 rings (SSSR count). The molecule has 0 aliphatic rings. The van der Waals surface area contributed by atoms with Crippen molar-refractivity contribution in [1.29, 1.82) is 0 Å². The van der Waals surface area contributed by atoms with Crippen molar-refractivity contribution in [2.24, 2.45) is 0 Å². The van der Waals surface area contributed by atoms with Gasteiger partial charge in [-0.25, -0.2) is 9.07 Å². The van der Waals surface area contributed by atoms with Crippen molar-refractivity contribution >= 4 is 22.4 Å². The van der Waals surface area contributed by atoms with Crippen LogP contribution in [-0.2, 0) is 11.3 Å². The van der Waals surface area contributed by atoms with E-state index in [1.807, 2.05) is 0 Å². The van der Waals surface area contributed by atoms with Gasteiger partial charge in [0.25, 0.3) is 11.1 Å². The Morgan fingerprint density at radius 3 is 2.52 bits per heavy atom. The van der Waals surface area contributed by atoms with Crippen LogP contribution in [0.4, 0.5) is 10.1 Å². The lowest BCUT2D eigenvalue weighted by Gasteiger charge is -2.13. The maximum atomic E-state index is 13.4. The number of amides is 1. The second-order valence-electron chi connectivity index (χ2n) is 6.80. The number of fused-ring (bicyclic) bond motifs is 1. The number of rotatable bonds is 6. The lowest BCUT2D eigenvalue weighted by atomic mass is 10.2. The molecule has 8 heteroatoms. The highest BCUT2D eigenvalue weighted by Crippen LogP contribution is 2.29. The molecule has 4 aromatic rings. The van der Waals surface area contributed by atoms with Crippen LogP contribution >= 0.6 is 0 Å². The maximum absolute atomic E-state index is 13.4. The van der Waals surface area contributed by atoms with Gasteiger partial charge in [0.05, 0.1) is 23.0 Å². The molecule has 2 N–H and O–H groups in total. The standard InChI is InChI=1S/C23H18FN3O4/c24-15-6-5-7-16(14-15)31-20-11-4-3-10-19(20)25-21(28)12-13-27-23(30)18-9-2-1-8-17(18)22(29)26-27/h1-11,14H,12-13H2,(H,25,28)(H,26,29). The topological polar surface area (TPSA) is 93.2 Å². The lowest BCUT2D eigenvalue weighted by Crippen LogP contribution is -2.31. The Kier molecular flexibility index (Phi) is 5.61. The Morgan fingerprint density at radius 1 is 0.968 bits per heavy atom. The van der Waals surface area contributed by atoms with E-state index in [0.29, 0.717) is 28.0 Å². The highest BCUT2D eigenvalue weighted by Gasteiger charge is 2.11. The third-order valence-electron chi connectivity index (χ3n) is 4.63. The molecule has 7 nitrogen and oxygen atoms in total. The van der Waals surface area contributed by atoms with Crippen LogP contribution in [0.25, 0.3) is 10.8 Å². The third kappa shape index (κ3) is 4.53. The number of H-pyrrole nitrogens is 1. The van der Waals surface area contributed by atoms with Gasteiger partial charge >= 0.3 is 0 Å². The number of ether oxygens (including phenoxy) is 1. The largest absolute Gasteiger partial charge is 0.455 e. The minimum absolute atomic E-state index is 0.00232. The molecule has 0 bridgehead atoms. The normalized spacial score (nSPS) is 10.7. The van der Waals surface area contributed by atoms with Crippen molar-refractivity contribution in [2.45, 2.75) is 13.0 Å². The van der Waals surface area contributed by atoms with Gasteiger partial charge < -0.3 is 10.1 Å². The predicted molar refractivity (Wildman–Crippen MR) is 115 cm³/mol. The summed E-state index contributed by atoms with van der Waals surface area (Å²) >= 11 is 0. The Morgan fingerprint density at radius 2 is 1.71 bits per heavy atom. The summed E-state index contributed by atoms with van der Waals surface area (Å²) in [5.41, 5.74) is -0.376. The van der Waals surface area contributed by atoms with Crippen LogP contribution in [0.2, 0.25) is 0 Å². The van der Waals surface area contributed by atoms with E-state index >= 15 is 0 Å². The van der Waals surface area contributed by atoms with E-state index in [-0.39, 0.29) is 24.4 Å². The number of halogens is 1. The van der Waals surface area contributed by atoms with Crippen LogP contribution in [-0.4, -0.2) is 15.7 Å². The molecular weight excluding hydrogens is 401 g/mol. The van der Waals surface area contributed by atoms with E-state index in [9.17, 15) is 18.8 Å². The summed E-state index contributed by atoms with van der Waals surface area (Å²) in [4.78, 5) is 37.2. The Bertz CT molecular complexity index is 1380. The fraction of sp³-hybridized carbons (Fsp3) is 0.0870. The summed E-state index contributed by atoms with van der Waals surface area (Å²) in [6.07, 6.45) is -0.0531. The van der Waals surface area contributed by atoms with E-state index in [1.54, 1.807) is 54.6 Å². The Hall–Kier alpha value is -4.20. The molecule has 0 saturated heterocycles. The van der Waals surface area contributed by atoms with E-state index in [4.69, 9.17) is 4.74 Å². The van der Waals surface area contributed by atoms with Crippen LogP contribution in [0.1, 0.15) is 6.42 Å². The number of aryl methyl sites for hydroxylation is 1. The first-order valence-corrected chi connectivity index (χ1v) is 9.55. The molecule has 0 spiro atoms. The number of para-hydroxylation sites is 2. The minimum Gasteiger partial charge on any atom is -0.455 e. The van der Waals surface area contributed by atoms with Gasteiger partial charge in [-0.3, -0.25) is 19.5 Å². The van der Waals surface area contributed by atoms with Crippen molar-refractivity contribution in [1.82, 2.24) is 9.78 Å². The molecule has 31 heavy (non-hydrogen) atoms. The van der Waals surface area contributed by atoms with E-state index in [0.717, 1.165) is 4.68 Å². The van der Waals surface area contributed by atoms with Crippen molar-refractivity contribution in [3.05, 3.63) is 99.3 Å². The van der Waals surface area contributed by atoms with E-state index in [2.05, 4.69) is 10.4 Å². The smallest absolute Gasteiger partial charge is 0.273 e. The molecule has 0 radical (unpaired) electrons. The fourth-order valence-electron chi connectivity index (χ4n) is 3.15. The number of aromatic amines is 1. The van der Waals surface area contributed by atoms with Gasteiger partial charge in [-0.2, -0.15) is 0 Å². The number of hydrogen-bond donors (Lipinski definition) is 2. The number of nitrogens with zero attached hydrogens (tertiary/aromatic N) is 1. The zero-order valence-corrected chi connectivity index (χ0v) is 16.3. The molecule has 0 atom stereocenters. The van der Waals surface area contributed by atoms with E-state index in [1.165, 1.54) is 18.2 Å². The molecule has 0 saturated carbocycles. The first kappa shape index (κ1) is 20.1. The number of benzene rings is 3. The second-order valence-corrected chi connectivity index (χ2v) is 6.80. The first-order chi connectivity index (χ1) is 15.0. The van der Waals surface area contributed by atoms with Crippen molar-refractivity contribution < 1.29 is 13.9 Å². The molecule has 156 valence electrons. The van der Waals surface area contributed by atoms with Gasteiger partial charge in [0.1, 0.15) is 11.6 Å². The molecule has 3 aromatic carbocycles. The number of carbonyl (C=O) groups is 1. The van der Waals surface area contributed by atoms with Gasteiger partial charge in [0, 0.05) is 12.5 Å². The third-order valence-corrected chi connectivity index (χ3v) is 4.63. The molecule has 1 heterocycles. The minimum atomic E-state index is -0.436. The number of aromatic nitrogens is 2. The average Bonchev–Trinajstić information content (AvgIpc) is 2.77. The number of carbonyl (C=O) groups excluding carboxylic acids is 1. The SMILES string of the molecule is O=C(CCn1[nH]c(=O)c2ccccc2c1=O)Nc1ccccc1Oc1cccc(F)c1. The van der Waals surface area contributed by atoms with Gasteiger partial charge in [0.15, 0.2) is 5.75 Å². The van der Waals surface area contributed by atoms with Crippen LogP contribution in [0, 0.1) is 5.82 Å². The van der Waals surface area contributed by atoms with Gasteiger partial charge in [-0.05, 0) is 36.4 Å². The molecule has 1 aromatic heterocycles. The number of hydrogen-bond acceptors (Lipinski definition) is 4. The van der Waals surface area contributed by atoms with Gasteiger partial charge in [-0.15, -0.1) is 0 Å². The lowest BCUT2D eigenvalue weighted by molar-refractivity contribution is -0.116. The summed E-state index contributed by atoms with van der Waals surface area (Å²) in [7, 11) is 0. The Labute approximate surface area is 175 Å². The zero-order chi connectivity index (χ0) is 21.8. The number of nitrogens with one attached hydrogen (secondary N) is 2. The second kappa shape index (κ2) is 8.66. The summed E-state index contributed by atoms with van der Waals surface area (Å²) in [6, 6.07) is 18.9. The quantitative estimate of drug-likeness (QED) is 0.499. The summed E-state index contributed by atoms with van der Waals surface area (Å²) < 4.78 is 20.2. The summed E-state index contributed by atoms with van der Waals surface area (Å²) in [6.45, 7) is -0.00232. The molecule has 1 amide bonds. The van der Waals surface area contributed by atoms with Gasteiger partial charge in [-0.1, -0.05) is 30.3 Å². The number of anilines is 1. The molecule has 0 aliphatic carbocycles. The molecule has 0 aliphatic heterocycles. The highest BCUT2D eigenvalue weighted by molar-refractivity contribution is 5.92. The maximum Gasteiger partial charge on any atom is 0.273 e. The van der Waals surface area contributed by atoms with Crippen LogP contribution in [0.3, 0.4) is 0 Å². The monoisotopic (exact) mass is 419 g/mol. The van der Waals surface area contributed by atoms with Gasteiger partial charge in [0.2, 0.25) is 5.91 Å². The van der Waals surface area contributed by atoms with Crippen LogP contribution in [0.15, 0.2) is 82.4 Å². The molecule has 0 fully saturated rings. The van der Waals surface area contributed by atoms with Crippen molar-refractivity contribution in [3.63, 3.8) is 0 Å². The first-order valence-electron chi connectivity index (χ1n) is 9.55. The molecule has 0 unspecified atom stereocenters. The van der Waals surface area contributed by atoms with E-state index < -0.39 is 11.4 Å². The Balaban J connectivity index is 1.48. The zero-order valence-electron chi connectivity index (χ0n) is 16.3. The predicted octanol–water partition coefficient (Wildman–Crippen LogP) is 3.65. The van der Waals surface area contributed by atoms with Crippen molar-refractivity contribution in [2.75, 3.05) is 5.32 Å². The summed E-state index contributed by atoms with van der Waals surface area (Å²) in [5.74, 6) is -0.176. The summed E-state index contributed by atoms with van der Waals surface area (Å²) in [5, 5.41) is 5.81. The fourth-order valence-corrected chi connectivity index (χ4v) is 3.15. The van der Waals surface area contributed by atoms with Crippen LogP contribution in [0.5, 0.6) is 11.5 Å². The van der Waals surface area contributed by atoms with Crippen molar-refractivity contribution in [3.8, 4) is 11.5 Å². The van der Waals surface area contributed by atoms with Crippen LogP contribution < -0.4 is 21.2 Å².